The quantitative estimate of drug-likeness (QED) is 0.801. The summed E-state index contributed by atoms with van der Waals surface area (Å²) in [6.07, 6.45) is 1.25. The zero-order valence-electron chi connectivity index (χ0n) is 12.9. The highest BCUT2D eigenvalue weighted by Crippen LogP contribution is 2.12. The van der Waals surface area contributed by atoms with Crippen molar-refractivity contribution in [1.29, 1.82) is 0 Å². The third-order valence-electron chi connectivity index (χ3n) is 3.20. The number of carbonyl (C=O) groups excluding carboxylic acids is 1. The standard InChI is InChI=1S/C16H26N2O2/c1-5-10-16(2,20)15(19)17-11-13-6-8-14(9-7-13)12-18(3)4/h6-9,20H,5,10-12H2,1-4H3,(H,17,19). The Morgan fingerprint density at radius 2 is 1.80 bits per heavy atom. The van der Waals surface area contributed by atoms with E-state index in [1.165, 1.54) is 5.56 Å². The van der Waals surface area contributed by atoms with E-state index >= 15 is 0 Å². The molecule has 1 atom stereocenters. The van der Waals surface area contributed by atoms with Crippen LogP contribution in [0.25, 0.3) is 0 Å². The van der Waals surface area contributed by atoms with E-state index in [1.54, 1.807) is 6.92 Å². The molecule has 0 aliphatic carbocycles. The molecule has 1 aromatic rings. The van der Waals surface area contributed by atoms with Crippen molar-refractivity contribution in [3.05, 3.63) is 35.4 Å². The van der Waals surface area contributed by atoms with Crippen molar-refractivity contribution < 1.29 is 9.90 Å². The van der Waals surface area contributed by atoms with Crippen LogP contribution in [0.3, 0.4) is 0 Å². The van der Waals surface area contributed by atoms with E-state index in [2.05, 4.69) is 22.3 Å². The van der Waals surface area contributed by atoms with Crippen molar-refractivity contribution >= 4 is 5.91 Å². The summed E-state index contributed by atoms with van der Waals surface area (Å²) >= 11 is 0. The van der Waals surface area contributed by atoms with Crippen molar-refractivity contribution in [3.8, 4) is 0 Å². The normalized spacial score (nSPS) is 14.1. The Hall–Kier alpha value is -1.39. The van der Waals surface area contributed by atoms with Crippen molar-refractivity contribution in [2.75, 3.05) is 14.1 Å². The number of carbonyl (C=O) groups is 1. The summed E-state index contributed by atoms with van der Waals surface area (Å²) in [6.45, 7) is 4.86. The van der Waals surface area contributed by atoms with E-state index in [-0.39, 0.29) is 5.91 Å². The van der Waals surface area contributed by atoms with Crippen LogP contribution in [0.4, 0.5) is 0 Å². The number of nitrogens with zero attached hydrogens (tertiary/aromatic N) is 1. The molecule has 20 heavy (non-hydrogen) atoms. The Balaban J connectivity index is 2.51. The van der Waals surface area contributed by atoms with E-state index in [9.17, 15) is 9.90 Å². The predicted molar refractivity (Wildman–Crippen MR) is 81.2 cm³/mol. The van der Waals surface area contributed by atoms with Crippen LogP contribution in [0.5, 0.6) is 0 Å². The topological polar surface area (TPSA) is 52.6 Å². The molecule has 0 fully saturated rings. The van der Waals surface area contributed by atoms with Crippen LogP contribution >= 0.6 is 0 Å². The number of hydrogen-bond donors (Lipinski definition) is 2. The fourth-order valence-corrected chi connectivity index (χ4v) is 2.10. The molecule has 1 aromatic carbocycles. The summed E-state index contributed by atoms with van der Waals surface area (Å²) in [7, 11) is 4.06. The minimum Gasteiger partial charge on any atom is -0.380 e. The second kappa shape index (κ2) is 7.41. The molecule has 0 aromatic heterocycles. The molecule has 0 bridgehead atoms. The molecule has 0 saturated carbocycles. The Kier molecular flexibility index (Phi) is 6.17. The van der Waals surface area contributed by atoms with Gasteiger partial charge < -0.3 is 15.3 Å². The van der Waals surface area contributed by atoms with E-state index in [0.717, 1.165) is 18.5 Å². The maximum absolute atomic E-state index is 11.9. The molecule has 1 rings (SSSR count). The second-order valence-electron chi connectivity index (χ2n) is 5.76. The first kappa shape index (κ1) is 16.7. The summed E-state index contributed by atoms with van der Waals surface area (Å²) < 4.78 is 0. The zero-order valence-corrected chi connectivity index (χ0v) is 12.9. The predicted octanol–water partition coefficient (Wildman–Crippen LogP) is 1.92. The van der Waals surface area contributed by atoms with Crippen LogP contribution in [0, 0.1) is 0 Å². The monoisotopic (exact) mass is 278 g/mol. The lowest BCUT2D eigenvalue weighted by Gasteiger charge is -2.21. The Bertz CT molecular complexity index is 425. The Labute approximate surface area is 121 Å². The smallest absolute Gasteiger partial charge is 0.251 e. The highest BCUT2D eigenvalue weighted by Gasteiger charge is 2.28. The minimum atomic E-state index is -1.28. The molecule has 1 amide bonds. The first-order valence-corrected chi connectivity index (χ1v) is 7.08. The summed E-state index contributed by atoms with van der Waals surface area (Å²) in [5.74, 6) is -0.309. The van der Waals surface area contributed by atoms with Gasteiger partial charge >= 0.3 is 0 Å². The molecule has 112 valence electrons. The molecule has 1 unspecified atom stereocenters. The van der Waals surface area contributed by atoms with Gasteiger partial charge in [-0.3, -0.25) is 4.79 Å². The maximum Gasteiger partial charge on any atom is 0.251 e. The van der Waals surface area contributed by atoms with Gasteiger partial charge in [0.15, 0.2) is 0 Å². The lowest BCUT2D eigenvalue weighted by atomic mass is 9.99. The number of aliphatic hydroxyl groups is 1. The van der Waals surface area contributed by atoms with Crippen LogP contribution in [-0.2, 0) is 17.9 Å². The van der Waals surface area contributed by atoms with Crippen LogP contribution in [0.15, 0.2) is 24.3 Å². The van der Waals surface area contributed by atoms with E-state index in [0.29, 0.717) is 13.0 Å². The van der Waals surface area contributed by atoms with Gasteiger partial charge in [0, 0.05) is 13.1 Å². The fraction of sp³-hybridized carbons (Fsp3) is 0.562. The van der Waals surface area contributed by atoms with Crippen LogP contribution in [-0.4, -0.2) is 35.6 Å². The lowest BCUT2D eigenvalue weighted by Crippen LogP contribution is -2.44. The molecule has 0 spiro atoms. The number of amides is 1. The van der Waals surface area contributed by atoms with Gasteiger partial charge in [-0.2, -0.15) is 0 Å². The first-order valence-electron chi connectivity index (χ1n) is 7.08. The summed E-state index contributed by atoms with van der Waals surface area (Å²) in [5, 5.41) is 12.8. The van der Waals surface area contributed by atoms with Gasteiger partial charge in [0.25, 0.3) is 5.91 Å². The summed E-state index contributed by atoms with van der Waals surface area (Å²) in [6, 6.07) is 8.14. The van der Waals surface area contributed by atoms with Crippen LogP contribution in [0.2, 0.25) is 0 Å². The molecule has 0 saturated heterocycles. The zero-order chi connectivity index (χ0) is 15.2. The van der Waals surface area contributed by atoms with Crippen molar-refractivity contribution in [2.45, 2.75) is 45.4 Å². The fourth-order valence-electron chi connectivity index (χ4n) is 2.10. The van der Waals surface area contributed by atoms with Crippen molar-refractivity contribution in [3.63, 3.8) is 0 Å². The maximum atomic E-state index is 11.9. The van der Waals surface area contributed by atoms with Crippen molar-refractivity contribution in [1.82, 2.24) is 10.2 Å². The molecule has 0 aliphatic rings. The third kappa shape index (κ3) is 5.31. The molecule has 0 heterocycles. The van der Waals surface area contributed by atoms with Gasteiger partial charge in [-0.25, -0.2) is 0 Å². The van der Waals surface area contributed by atoms with Crippen molar-refractivity contribution in [2.24, 2.45) is 0 Å². The molecule has 2 N–H and O–H groups in total. The highest BCUT2D eigenvalue weighted by atomic mass is 16.3. The Morgan fingerprint density at radius 1 is 1.25 bits per heavy atom. The van der Waals surface area contributed by atoms with Gasteiger partial charge in [-0.15, -0.1) is 0 Å². The third-order valence-corrected chi connectivity index (χ3v) is 3.20. The van der Waals surface area contributed by atoms with E-state index in [4.69, 9.17) is 0 Å². The average molecular weight is 278 g/mol. The minimum absolute atomic E-state index is 0.309. The van der Waals surface area contributed by atoms with Gasteiger partial charge in [0.1, 0.15) is 5.60 Å². The van der Waals surface area contributed by atoms with E-state index < -0.39 is 5.60 Å². The van der Waals surface area contributed by atoms with Gasteiger partial charge in [0.2, 0.25) is 0 Å². The molecule has 0 aliphatic heterocycles. The molecule has 0 radical (unpaired) electrons. The first-order chi connectivity index (χ1) is 9.35. The number of benzene rings is 1. The SMILES string of the molecule is CCCC(C)(O)C(=O)NCc1ccc(CN(C)C)cc1. The molecular weight excluding hydrogens is 252 g/mol. The molecule has 4 nitrogen and oxygen atoms in total. The summed E-state index contributed by atoms with van der Waals surface area (Å²) in [4.78, 5) is 14.0. The largest absolute Gasteiger partial charge is 0.380 e. The van der Waals surface area contributed by atoms with Crippen LogP contribution < -0.4 is 5.32 Å². The van der Waals surface area contributed by atoms with Gasteiger partial charge in [-0.1, -0.05) is 37.6 Å². The van der Waals surface area contributed by atoms with E-state index in [1.807, 2.05) is 33.2 Å². The average Bonchev–Trinajstić information content (AvgIpc) is 2.36. The second-order valence-corrected chi connectivity index (χ2v) is 5.76. The molecule has 4 heteroatoms. The van der Waals surface area contributed by atoms with Gasteiger partial charge in [-0.05, 0) is 38.6 Å². The highest BCUT2D eigenvalue weighted by molar-refractivity contribution is 5.84. The van der Waals surface area contributed by atoms with Crippen LogP contribution in [0.1, 0.15) is 37.8 Å². The number of rotatable bonds is 7. The molecular formula is C16H26N2O2. The van der Waals surface area contributed by atoms with Gasteiger partial charge in [0.05, 0.1) is 0 Å². The number of hydrogen-bond acceptors (Lipinski definition) is 3. The summed E-state index contributed by atoms with van der Waals surface area (Å²) in [5.41, 5.74) is 0.996. The lowest BCUT2D eigenvalue weighted by molar-refractivity contribution is -0.138. The number of nitrogens with one attached hydrogen (secondary N) is 1. The Morgan fingerprint density at radius 3 is 2.30 bits per heavy atom.